The second-order valence-electron chi connectivity index (χ2n) is 4.22. The number of rotatable bonds is 7. The van der Waals surface area contributed by atoms with E-state index in [4.69, 9.17) is 5.73 Å². The summed E-state index contributed by atoms with van der Waals surface area (Å²) in [5.41, 5.74) is 7.40. The summed E-state index contributed by atoms with van der Waals surface area (Å²) in [6.07, 6.45) is 0.337. The van der Waals surface area contributed by atoms with Gasteiger partial charge in [-0.05, 0) is 30.5 Å². The zero-order valence-electron chi connectivity index (χ0n) is 10.7. The molecule has 100 valence electrons. The monoisotopic (exact) mass is 253 g/mol. The number of nitrogens with two attached hydrogens (primary N) is 1. The van der Waals surface area contributed by atoms with Crippen LogP contribution >= 0.6 is 0 Å². The molecule has 0 spiro atoms. The van der Waals surface area contributed by atoms with E-state index in [2.05, 4.69) is 4.74 Å². The lowest BCUT2D eigenvalue weighted by Crippen LogP contribution is -2.15. The van der Waals surface area contributed by atoms with E-state index in [1.165, 1.54) is 0 Å². The van der Waals surface area contributed by atoms with Crippen molar-refractivity contribution in [2.45, 2.75) is 39.0 Å². The highest BCUT2D eigenvalue weighted by Gasteiger charge is 2.12. The predicted molar refractivity (Wildman–Crippen MR) is 68.8 cm³/mol. The van der Waals surface area contributed by atoms with Crippen LogP contribution in [0, 0.1) is 0 Å². The number of halogens is 1. The third-order valence-corrected chi connectivity index (χ3v) is 2.58. The molecule has 18 heavy (non-hydrogen) atoms. The Labute approximate surface area is 107 Å². The van der Waals surface area contributed by atoms with E-state index in [9.17, 15) is 9.18 Å². The van der Waals surface area contributed by atoms with Crippen LogP contribution in [0.25, 0.3) is 0 Å². The average Bonchev–Trinajstić information content (AvgIpc) is 2.32. The molecule has 1 unspecified atom stereocenters. The molecule has 0 aromatic heterocycles. The Bertz CT molecular complexity index is 365. The fourth-order valence-electron chi connectivity index (χ4n) is 1.63. The molecule has 0 amide bonds. The molecule has 2 N–H and O–H groups in total. The van der Waals surface area contributed by atoms with E-state index in [0.29, 0.717) is 13.0 Å². The van der Waals surface area contributed by atoms with Gasteiger partial charge < -0.3 is 10.5 Å². The fraction of sp³-hybridized carbons (Fsp3) is 0.500. The maximum Gasteiger partial charge on any atom is 0.312 e. The third-order valence-electron chi connectivity index (χ3n) is 2.58. The summed E-state index contributed by atoms with van der Waals surface area (Å²) >= 11 is 0. The summed E-state index contributed by atoms with van der Waals surface area (Å²) in [5.74, 6) is -0.525. The van der Waals surface area contributed by atoms with Crippen LogP contribution < -0.4 is 5.73 Å². The minimum absolute atomic E-state index is 0.104. The van der Waals surface area contributed by atoms with E-state index < -0.39 is 12.3 Å². The van der Waals surface area contributed by atoms with Gasteiger partial charge in [-0.2, -0.15) is 0 Å². The van der Waals surface area contributed by atoms with Crippen LogP contribution in [0.2, 0.25) is 0 Å². The summed E-state index contributed by atoms with van der Waals surface area (Å²) in [4.78, 5) is 11.4. The van der Waals surface area contributed by atoms with Gasteiger partial charge in [0.2, 0.25) is 6.36 Å². The summed E-state index contributed by atoms with van der Waals surface area (Å²) in [6.45, 7) is 2.44. The molecule has 0 saturated heterocycles. The highest BCUT2D eigenvalue weighted by molar-refractivity contribution is 5.72. The van der Waals surface area contributed by atoms with Gasteiger partial charge in [0, 0.05) is 6.42 Å². The summed E-state index contributed by atoms with van der Waals surface area (Å²) in [5, 5.41) is 0. The van der Waals surface area contributed by atoms with Gasteiger partial charge in [0.1, 0.15) is 0 Å². The van der Waals surface area contributed by atoms with E-state index in [1.54, 1.807) is 0 Å². The standard InChI is InChI=1S/C14H20FNO2/c1-2-3-13(15)18-14(17)10-12-6-4-11(5-7-12)8-9-16/h4-7,13H,2-3,8-10,16H2,1H3. The van der Waals surface area contributed by atoms with Crippen LogP contribution in [0.1, 0.15) is 30.9 Å². The first kappa shape index (κ1) is 14.6. The normalized spacial score (nSPS) is 12.2. The van der Waals surface area contributed by atoms with Crippen molar-refractivity contribution in [1.29, 1.82) is 0 Å². The van der Waals surface area contributed by atoms with Crippen LogP contribution in [0.5, 0.6) is 0 Å². The maximum atomic E-state index is 13.1. The van der Waals surface area contributed by atoms with Crippen molar-refractivity contribution in [3.05, 3.63) is 35.4 Å². The quantitative estimate of drug-likeness (QED) is 0.759. The average molecular weight is 253 g/mol. The SMILES string of the molecule is CCCC(F)OC(=O)Cc1ccc(CCN)cc1. The smallest absolute Gasteiger partial charge is 0.312 e. The molecule has 1 aromatic rings. The Morgan fingerprint density at radius 2 is 1.94 bits per heavy atom. The zero-order valence-corrected chi connectivity index (χ0v) is 10.7. The number of carbonyl (C=O) groups excluding carboxylic acids is 1. The van der Waals surface area contributed by atoms with Crippen molar-refractivity contribution >= 4 is 5.97 Å². The number of hydrogen-bond acceptors (Lipinski definition) is 3. The lowest BCUT2D eigenvalue weighted by atomic mass is 10.1. The molecule has 0 aliphatic carbocycles. The van der Waals surface area contributed by atoms with Crippen molar-refractivity contribution < 1.29 is 13.9 Å². The van der Waals surface area contributed by atoms with E-state index in [0.717, 1.165) is 17.5 Å². The number of hydrogen-bond donors (Lipinski definition) is 1. The molecule has 0 saturated carbocycles. The highest BCUT2D eigenvalue weighted by Crippen LogP contribution is 2.09. The van der Waals surface area contributed by atoms with Gasteiger partial charge >= 0.3 is 5.97 Å². The van der Waals surface area contributed by atoms with E-state index in [1.807, 2.05) is 31.2 Å². The number of alkyl halides is 1. The number of ether oxygens (including phenoxy) is 1. The van der Waals surface area contributed by atoms with Gasteiger partial charge in [0.15, 0.2) is 0 Å². The Hall–Kier alpha value is -1.42. The second-order valence-corrected chi connectivity index (χ2v) is 4.22. The number of benzene rings is 1. The molecule has 3 nitrogen and oxygen atoms in total. The lowest BCUT2D eigenvalue weighted by Gasteiger charge is -2.09. The molecule has 0 aliphatic heterocycles. The van der Waals surface area contributed by atoms with Crippen molar-refractivity contribution in [3.8, 4) is 0 Å². The van der Waals surface area contributed by atoms with Crippen molar-refractivity contribution in [1.82, 2.24) is 0 Å². The highest BCUT2D eigenvalue weighted by atomic mass is 19.1. The predicted octanol–water partition coefficient (Wildman–Crippen LogP) is 2.37. The molecule has 0 aliphatic rings. The van der Waals surface area contributed by atoms with Crippen molar-refractivity contribution in [2.75, 3.05) is 6.54 Å². The molecule has 0 heterocycles. The lowest BCUT2D eigenvalue weighted by molar-refractivity contribution is -0.157. The second kappa shape index (κ2) is 7.82. The first-order valence-corrected chi connectivity index (χ1v) is 6.27. The summed E-state index contributed by atoms with van der Waals surface area (Å²) in [6, 6.07) is 7.54. The molecule has 0 fully saturated rings. The first-order chi connectivity index (χ1) is 8.65. The van der Waals surface area contributed by atoms with Gasteiger partial charge in [-0.15, -0.1) is 0 Å². The molecule has 1 atom stereocenters. The van der Waals surface area contributed by atoms with Crippen LogP contribution in [-0.2, 0) is 22.4 Å². The van der Waals surface area contributed by atoms with Crippen LogP contribution in [-0.4, -0.2) is 18.9 Å². The van der Waals surface area contributed by atoms with Gasteiger partial charge in [-0.3, -0.25) is 4.79 Å². The molecule has 4 heteroatoms. The molecule has 0 radical (unpaired) electrons. The first-order valence-electron chi connectivity index (χ1n) is 6.27. The molecule has 1 rings (SSSR count). The topological polar surface area (TPSA) is 52.3 Å². The molecular formula is C14H20FNO2. The largest absolute Gasteiger partial charge is 0.431 e. The van der Waals surface area contributed by atoms with Crippen LogP contribution in [0.3, 0.4) is 0 Å². The Morgan fingerprint density at radius 3 is 2.50 bits per heavy atom. The van der Waals surface area contributed by atoms with Crippen molar-refractivity contribution in [3.63, 3.8) is 0 Å². The molecule has 0 bridgehead atoms. The number of carbonyl (C=O) groups is 1. The zero-order chi connectivity index (χ0) is 13.4. The van der Waals surface area contributed by atoms with Gasteiger partial charge in [-0.25, -0.2) is 4.39 Å². The number of esters is 1. The maximum absolute atomic E-state index is 13.1. The molecule has 1 aromatic carbocycles. The summed E-state index contributed by atoms with van der Waals surface area (Å²) < 4.78 is 17.7. The van der Waals surface area contributed by atoms with E-state index >= 15 is 0 Å². The Morgan fingerprint density at radius 1 is 1.33 bits per heavy atom. The van der Waals surface area contributed by atoms with Gasteiger partial charge in [0.05, 0.1) is 6.42 Å². The van der Waals surface area contributed by atoms with Crippen LogP contribution in [0.4, 0.5) is 4.39 Å². The van der Waals surface area contributed by atoms with Crippen molar-refractivity contribution in [2.24, 2.45) is 5.73 Å². The van der Waals surface area contributed by atoms with Crippen LogP contribution in [0.15, 0.2) is 24.3 Å². The minimum Gasteiger partial charge on any atom is -0.431 e. The third kappa shape index (κ3) is 5.27. The van der Waals surface area contributed by atoms with E-state index in [-0.39, 0.29) is 12.8 Å². The minimum atomic E-state index is -1.49. The Balaban J connectivity index is 2.44. The fourth-order valence-corrected chi connectivity index (χ4v) is 1.63. The molecular weight excluding hydrogens is 233 g/mol. The summed E-state index contributed by atoms with van der Waals surface area (Å²) in [7, 11) is 0. The Kier molecular flexibility index (Phi) is 6.36. The van der Waals surface area contributed by atoms with Gasteiger partial charge in [0.25, 0.3) is 0 Å². The van der Waals surface area contributed by atoms with Gasteiger partial charge in [-0.1, -0.05) is 31.2 Å².